The topological polar surface area (TPSA) is 125 Å². The van der Waals surface area contributed by atoms with Gasteiger partial charge >= 0.3 is 0 Å². The van der Waals surface area contributed by atoms with Crippen molar-refractivity contribution in [2.75, 3.05) is 25.2 Å². The van der Waals surface area contributed by atoms with Gasteiger partial charge in [0.2, 0.25) is 0 Å². The first-order valence-corrected chi connectivity index (χ1v) is 7.14. The summed E-state index contributed by atoms with van der Waals surface area (Å²) >= 11 is 0. The molecule has 118 valence electrons. The predicted molar refractivity (Wildman–Crippen MR) is 77.6 cm³/mol. The van der Waals surface area contributed by atoms with E-state index in [4.69, 9.17) is 4.74 Å². The normalized spacial score (nSPS) is 34.3. The van der Waals surface area contributed by atoms with Gasteiger partial charge in [0.25, 0.3) is 0 Å². The Morgan fingerprint density at radius 2 is 2.18 bits per heavy atom. The first-order chi connectivity index (χ1) is 10.5. The highest BCUT2D eigenvalue weighted by atomic mass is 16.5. The Hall–Kier alpha value is -1.90. The van der Waals surface area contributed by atoms with Crippen LogP contribution in [0.1, 0.15) is 17.0 Å². The molecule has 0 spiro atoms. The molecular weight excluding hydrogens is 290 g/mol. The molecule has 3 heterocycles. The zero-order chi connectivity index (χ0) is 15.8. The average molecular weight is 307 g/mol. The molecule has 8 nitrogen and oxygen atoms in total. The number of ether oxygens (including phenoxy) is 1. The molecule has 2 fully saturated rings. The van der Waals surface area contributed by atoms with Gasteiger partial charge in [0.1, 0.15) is 5.75 Å². The molecule has 1 aromatic rings. The van der Waals surface area contributed by atoms with Crippen molar-refractivity contribution in [3.63, 3.8) is 0 Å². The van der Waals surface area contributed by atoms with Crippen LogP contribution in [0.4, 0.5) is 11.4 Å². The lowest BCUT2D eigenvalue weighted by molar-refractivity contribution is -0.0324. The first-order valence-electron chi connectivity index (χ1n) is 7.14. The highest BCUT2D eigenvalue weighted by molar-refractivity contribution is 5.84. The largest absolute Gasteiger partial charge is 0.505 e. The SMILES string of the molecule is CO[C@@]12[C@H](CO)c3c(O)c(N=O)c(C)c(O)c3N1C[C@@H]1N[C@@H]12. The Bertz CT molecular complexity index is 694. The van der Waals surface area contributed by atoms with Crippen LogP contribution >= 0.6 is 0 Å². The van der Waals surface area contributed by atoms with Gasteiger partial charge in [-0.15, -0.1) is 4.91 Å². The molecule has 0 aliphatic carbocycles. The molecule has 0 bridgehead atoms. The number of nitroso groups, excluding NO2 is 1. The molecule has 0 aromatic heterocycles. The van der Waals surface area contributed by atoms with E-state index in [1.807, 2.05) is 4.90 Å². The van der Waals surface area contributed by atoms with Crippen LogP contribution in [-0.2, 0) is 4.74 Å². The van der Waals surface area contributed by atoms with Crippen LogP contribution in [0.5, 0.6) is 11.5 Å². The smallest absolute Gasteiger partial charge is 0.167 e. The predicted octanol–water partition coefficient (Wildman–Crippen LogP) is 0.397. The molecule has 0 amide bonds. The quantitative estimate of drug-likeness (QED) is 0.362. The van der Waals surface area contributed by atoms with Crippen molar-refractivity contribution < 1.29 is 20.1 Å². The number of fused-ring (bicyclic) bond motifs is 5. The van der Waals surface area contributed by atoms with Crippen LogP contribution in [-0.4, -0.2) is 53.4 Å². The van der Waals surface area contributed by atoms with Gasteiger partial charge in [0.05, 0.1) is 24.3 Å². The molecule has 4 atom stereocenters. The summed E-state index contributed by atoms with van der Waals surface area (Å²) in [7, 11) is 1.55. The van der Waals surface area contributed by atoms with Gasteiger partial charge in [-0.05, 0) is 12.1 Å². The van der Waals surface area contributed by atoms with E-state index in [9.17, 15) is 20.2 Å². The van der Waals surface area contributed by atoms with E-state index in [2.05, 4.69) is 10.5 Å². The average Bonchev–Trinajstić information content (AvgIpc) is 3.12. The van der Waals surface area contributed by atoms with E-state index in [-0.39, 0.29) is 41.4 Å². The second-order valence-electron chi connectivity index (χ2n) is 6.08. The molecule has 4 rings (SSSR count). The van der Waals surface area contributed by atoms with Crippen molar-refractivity contribution >= 4 is 11.4 Å². The third kappa shape index (κ3) is 1.25. The lowest BCUT2D eigenvalue weighted by Gasteiger charge is -2.38. The summed E-state index contributed by atoms with van der Waals surface area (Å²) in [6.45, 7) is 1.85. The fourth-order valence-corrected chi connectivity index (χ4v) is 4.28. The molecule has 0 saturated carbocycles. The minimum Gasteiger partial charge on any atom is -0.505 e. The first kappa shape index (κ1) is 13.7. The lowest BCUT2D eigenvalue weighted by Crippen LogP contribution is -2.54. The second kappa shape index (κ2) is 4.09. The lowest BCUT2D eigenvalue weighted by atomic mass is 9.88. The summed E-state index contributed by atoms with van der Waals surface area (Å²) in [6.07, 6.45) is 0. The summed E-state index contributed by atoms with van der Waals surface area (Å²) in [5.41, 5.74) is -0.0812. The van der Waals surface area contributed by atoms with E-state index in [0.717, 1.165) is 0 Å². The Balaban J connectivity index is 2.03. The van der Waals surface area contributed by atoms with Crippen molar-refractivity contribution in [2.24, 2.45) is 5.18 Å². The number of phenols is 2. The number of rotatable bonds is 3. The Morgan fingerprint density at radius 3 is 2.77 bits per heavy atom. The fraction of sp³-hybridized carbons (Fsp3) is 0.571. The minimum atomic E-state index is -0.870. The zero-order valence-corrected chi connectivity index (χ0v) is 12.2. The standard InChI is InChI=1S/C14H17N3O5/c1-5-9(16-21)12(20)8-6(4-18)14(22-2)13-7(15-13)3-17(14)10(8)11(5)19/h6-7,13,15,18-20H,3-4H2,1-2H3/t6-,7+,13+,14-/m1/s1. The van der Waals surface area contributed by atoms with Gasteiger partial charge in [-0.3, -0.25) is 0 Å². The van der Waals surface area contributed by atoms with Gasteiger partial charge < -0.3 is 30.3 Å². The van der Waals surface area contributed by atoms with Crippen molar-refractivity contribution in [1.29, 1.82) is 0 Å². The number of aliphatic hydroxyl groups is 1. The number of nitrogens with zero attached hydrogens (tertiary/aromatic N) is 2. The van der Waals surface area contributed by atoms with E-state index >= 15 is 0 Å². The van der Waals surface area contributed by atoms with Crippen LogP contribution in [0, 0.1) is 11.8 Å². The maximum Gasteiger partial charge on any atom is 0.167 e. The highest BCUT2D eigenvalue weighted by Crippen LogP contribution is 2.63. The number of benzene rings is 1. The van der Waals surface area contributed by atoms with Crippen LogP contribution in [0.2, 0.25) is 0 Å². The number of nitrogens with one attached hydrogen (secondary N) is 1. The van der Waals surface area contributed by atoms with Crippen LogP contribution in [0.3, 0.4) is 0 Å². The van der Waals surface area contributed by atoms with E-state index in [0.29, 0.717) is 17.8 Å². The maximum absolute atomic E-state index is 11.0. The van der Waals surface area contributed by atoms with Crippen LogP contribution in [0.25, 0.3) is 0 Å². The number of aliphatic hydroxyl groups excluding tert-OH is 1. The summed E-state index contributed by atoms with van der Waals surface area (Å²) in [5, 5.41) is 37.0. The van der Waals surface area contributed by atoms with Crippen molar-refractivity contribution in [3.05, 3.63) is 16.0 Å². The second-order valence-corrected chi connectivity index (χ2v) is 6.08. The third-order valence-corrected chi connectivity index (χ3v) is 5.32. The molecule has 2 saturated heterocycles. The number of hydrogen-bond donors (Lipinski definition) is 4. The number of methoxy groups -OCH3 is 1. The number of hydrogen-bond acceptors (Lipinski definition) is 8. The highest BCUT2D eigenvalue weighted by Gasteiger charge is 2.71. The molecular formula is C14H17N3O5. The number of phenolic OH excluding ortho intramolecular Hbond substituents is 2. The molecule has 3 aliphatic rings. The van der Waals surface area contributed by atoms with Crippen LogP contribution < -0.4 is 10.2 Å². The van der Waals surface area contributed by atoms with Gasteiger partial charge in [0.15, 0.2) is 17.2 Å². The number of piperazine rings is 1. The summed E-state index contributed by atoms with van der Waals surface area (Å²) in [6, 6.07) is 0.238. The Kier molecular flexibility index (Phi) is 2.56. The molecule has 22 heavy (non-hydrogen) atoms. The van der Waals surface area contributed by atoms with Crippen molar-refractivity contribution in [1.82, 2.24) is 5.32 Å². The van der Waals surface area contributed by atoms with Crippen molar-refractivity contribution in [3.8, 4) is 11.5 Å². The van der Waals surface area contributed by atoms with Crippen LogP contribution in [0.15, 0.2) is 5.18 Å². The molecule has 0 unspecified atom stereocenters. The molecule has 8 heteroatoms. The van der Waals surface area contributed by atoms with Gasteiger partial charge in [0, 0.05) is 30.8 Å². The number of anilines is 1. The van der Waals surface area contributed by atoms with Crippen molar-refractivity contribution in [2.45, 2.75) is 30.7 Å². The zero-order valence-electron chi connectivity index (χ0n) is 12.2. The van der Waals surface area contributed by atoms with E-state index in [1.165, 1.54) is 6.92 Å². The summed E-state index contributed by atoms with van der Waals surface area (Å²) in [4.78, 5) is 12.9. The monoisotopic (exact) mass is 307 g/mol. The summed E-state index contributed by atoms with van der Waals surface area (Å²) < 4.78 is 5.76. The molecule has 0 radical (unpaired) electrons. The molecule has 1 aromatic carbocycles. The Labute approximate surface area is 126 Å². The Morgan fingerprint density at radius 1 is 1.45 bits per heavy atom. The number of aromatic hydroxyl groups is 2. The van der Waals surface area contributed by atoms with E-state index < -0.39 is 11.6 Å². The van der Waals surface area contributed by atoms with Gasteiger partial charge in [-0.2, -0.15) is 0 Å². The maximum atomic E-state index is 11.0. The summed E-state index contributed by atoms with van der Waals surface area (Å²) in [5.74, 6) is -0.965. The van der Waals surface area contributed by atoms with E-state index in [1.54, 1.807) is 7.11 Å². The third-order valence-electron chi connectivity index (χ3n) is 5.32. The van der Waals surface area contributed by atoms with Gasteiger partial charge in [-0.25, -0.2) is 0 Å². The molecule has 3 aliphatic heterocycles. The van der Waals surface area contributed by atoms with Gasteiger partial charge in [-0.1, -0.05) is 0 Å². The fourth-order valence-electron chi connectivity index (χ4n) is 4.28. The minimum absolute atomic E-state index is 0.00814. The molecule has 4 N–H and O–H groups in total.